The van der Waals surface area contributed by atoms with Gasteiger partial charge in [0.25, 0.3) is 0 Å². The van der Waals surface area contributed by atoms with Crippen LogP contribution in [0.25, 0.3) is 0 Å². The van der Waals surface area contributed by atoms with Crippen LogP contribution in [0.5, 0.6) is 0 Å². The molecule has 2 aromatic rings. The second kappa shape index (κ2) is 10.4. The second-order valence-electron chi connectivity index (χ2n) is 10.9. The van der Waals surface area contributed by atoms with Crippen molar-refractivity contribution in [1.29, 1.82) is 0 Å². The first kappa shape index (κ1) is 25.2. The Hall–Kier alpha value is -1.92. The molecule has 186 valence electrons. The number of nitrogens with zero attached hydrogens (tertiary/aromatic N) is 2. The Balaban J connectivity index is 0.000000210. The molecular formula is C28H40N2O3S. The zero-order valence-electron chi connectivity index (χ0n) is 20.9. The lowest BCUT2D eigenvalue weighted by Crippen LogP contribution is -2.64. The Morgan fingerprint density at radius 1 is 0.882 bits per heavy atom. The van der Waals surface area contributed by atoms with Crippen LogP contribution >= 0.6 is 0 Å². The Bertz CT molecular complexity index is 1010. The van der Waals surface area contributed by atoms with Crippen LogP contribution in [0, 0.1) is 24.7 Å². The number of rotatable bonds is 7. The maximum Gasteiger partial charge on any atom is 0.171 e. The van der Waals surface area contributed by atoms with E-state index in [2.05, 4.69) is 47.8 Å². The molecule has 1 aromatic heterocycles. The van der Waals surface area contributed by atoms with Gasteiger partial charge in [-0.1, -0.05) is 31.5 Å². The third-order valence-electron chi connectivity index (χ3n) is 8.03. The van der Waals surface area contributed by atoms with E-state index in [1.165, 1.54) is 82.3 Å². The number of aromatic nitrogens is 1. The van der Waals surface area contributed by atoms with Gasteiger partial charge in [0.2, 0.25) is 0 Å². The lowest BCUT2D eigenvalue weighted by molar-refractivity contribution is -0.776. The molecule has 0 radical (unpaired) electrons. The number of pyridine rings is 1. The van der Waals surface area contributed by atoms with Crippen LogP contribution < -0.4 is 9.47 Å². The molecule has 6 heteroatoms. The van der Waals surface area contributed by atoms with Gasteiger partial charge >= 0.3 is 0 Å². The van der Waals surface area contributed by atoms with E-state index in [0.29, 0.717) is 5.54 Å². The molecule has 5 nitrogen and oxygen atoms in total. The number of hydrogen-bond donors (Lipinski definition) is 0. The highest BCUT2D eigenvalue weighted by Crippen LogP contribution is 2.56. The Kier molecular flexibility index (Phi) is 7.68. The molecule has 4 aliphatic carbocycles. The summed E-state index contributed by atoms with van der Waals surface area (Å²) in [6.45, 7) is 8.73. The first-order valence-electron chi connectivity index (χ1n) is 13.0. The largest absolute Gasteiger partial charge is 0.744 e. The molecule has 4 fully saturated rings. The molecule has 0 spiro atoms. The molecule has 0 amide bonds. The second-order valence-corrected chi connectivity index (χ2v) is 12.2. The highest BCUT2D eigenvalue weighted by Gasteiger charge is 2.56. The van der Waals surface area contributed by atoms with Crippen LogP contribution in [0.15, 0.2) is 53.7 Å². The molecule has 1 heterocycles. The van der Waals surface area contributed by atoms with E-state index in [-0.39, 0.29) is 4.90 Å². The van der Waals surface area contributed by atoms with E-state index in [1.54, 1.807) is 12.1 Å². The van der Waals surface area contributed by atoms with E-state index >= 15 is 0 Å². The molecule has 0 N–H and O–H groups in total. The number of aryl methyl sites for hydroxylation is 1. The Morgan fingerprint density at radius 2 is 1.35 bits per heavy atom. The first-order chi connectivity index (χ1) is 16.2. The van der Waals surface area contributed by atoms with Gasteiger partial charge in [-0.15, -0.1) is 0 Å². The smallest absolute Gasteiger partial charge is 0.171 e. The van der Waals surface area contributed by atoms with Crippen molar-refractivity contribution in [3.05, 3.63) is 54.4 Å². The van der Waals surface area contributed by atoms with Crippen molar-refractivity contribution in [3.8, 4) is 0 Å². The summed E-state index contributed by atoms with van der Waals surface area (Å²) in [4.78, 5) is 2.37. The van der Waals surface area contributed by atoms with Gasteiger partial charge in [-0.2, -0.15) is 4.57 Å². The maximum absolute atomic E-state index is 10.4. The minimum absolute atomic E-state index is 0.178. The van der Waals surface area contributed by atoms with Gasteiger partial charge in [-0.05, 0) is 68.9 Å². The zero-order valence-corrected chi connectivity index (χ0v) is 21.8. The van der Waals surface area contributed by atoms with E-state index < -0.39 is 10.1 Å². The van der Waals surface area contributed by atoms with Crippen LogP contribution in [0.3, 0.4) is 0 Å². The monoisotopic (exact) mass is 484 g/mol. The van der Waals surface area contributed by atoms with Crippen molar-refractivity contribution >= 4 is 15.8 Å². The van der Waals surface area contributed by atoms with Gasteiger partial charge in [0.05, 0.1) is 4.90 Å². The van der Waals surface area contributed by atoms with Crippen LogP contribution in [0.4, 0.5) is 5.69 Å². The minimum atomic E-state index is -4.27. The molecule has 0 unspecified atom stereocenters. The van der Waals surface area contributed by atoms with Crippen LogP contribution in [0.1, 0.15) is 70.8 Å². The number of anilines is 1. The average molecular weight is 485 g/mol. The topological polar surface area (TPSA) is 64.3 Å². The molecule has 4 bridgehead atoms. The van der Waals surface area contributed by atoms with E-state index in [4.69, 9.17) is 0 Å². The molecule has 6 rings (SSSR count). The predicted molar refractivity (Wildman–Crippen MR) is 135 cm³/mol. The average Bonchev–Trinajstić information content (AvgIpc) is 2.78. The van der Waals surface area contributed by atoms with Crippen molar-refractivity contribution in [2.24, 2.45) is 17.8 Å². The summed E-state index contributed by atoms with van der Waals surface area (Å²) in [6.07, 6.45) is 16.2. The first-order valence-corrected chi connectivity index (χ1v) is 14.4. The molecule has 1 aromatic carbocycles. The van der Waals surface area contributed by atoms with Crippen molar-refractivity contribution in [3.63, 3.8) is 0 Å². The van der Waals surface area contributed by atoms with Gasteiger partial charge in [0, 0.05) is 50.2 Å². The normalized spacial score (nSPS) is 27.2. The number of hydrogen-bond acceptors (Lipinski definition) is 4. The van der Waals surface area contributed by atoms with Crippen LogP contribution in [-0.4, -0.2) is 26.1 Å². The molecule has 0 saturated heterocycles. The van der Waals surface area contributed by atoms with E-state index in [9.17, 15) is 13.0 Å². The van der Waals surface area contributed by atoms with Crippen molar-refractivity contribution < 1.29 is 17.5 Å². The summed E-state index contributed by atoms with van der Waals surface area (Å²) in [7, 11) is -4.27. The highest BCUT2D eigenvalue weighted by molar-refractivity contribution is 7.85. The number of benzene rings is 1. The third kappa shape index (κ3) is 5.65. The Morgan fingerprint density at radius 3 is 1.76 bits per heavy atom. The predicted octanol–water partition coefficient (Wildman–Crippen LogP) is 5.42. The SMILES string of the molecule is CCCN(CCC)c1cc[n+](C23CC4CC(CC(C4)C2)C3)cc1.Cc1ccc(S(=O)(=O)[O-])cc1. The molecule has 0 aliphatic heterocycles. The lowest BCUT2D eigenvalue weighted by atomic mass is 9.53. The summed E-state index contributed by atoms with van der Waals surface area (Å²) in [6, 6.07) is 10.5. The van der Waals surface area contributed by atoms with Crippen molar-refractivity contribution in [2.45, 2.75) is 82.6 Å². The molecule has 4 saturated carbocycles. The zero-order chi connectivity index (χ0) is 24.3. The molecular weight excluding hydrogens is 444 g/mol. The maximum atomic E-state index is 10.4. The molecule has 4 aliphatic rings. The van der Waals surface area contributed by atoms with Gasteiger partial charge in [0.1, 0.15) is 10.1 Å². The van der Waals surface area contributed by atoms with E-state index in [1.807, 2.05) is 6.92 Å². The summed E-state index contributed by atoms with van der Waals surface area (Å²) in [5.74, 6) is 3.06. The van der Waals surface area contributed by atoms with Crippen molar-refractivity contribution in [2.75, 3.05) is 18.0 Å². The lowest BCUT2D eigenvalue weighted by Gasteiger charge is -2.53. The standard InChI is InChI=1S/C21H33N2.C7H8O3S/c1-3-7-22(8-4-2)20-5-9-23(10-6-20)21-14-17-11-18(15-21)13-19(12-17)16-21;1-6-2-4-7(5-3-6)11(8,9)10/h5-6,9-10,17-19H,3-4,7-8,11-16H2,1-2H3;2-5H,1H3,(H,8,9,10)/q+1;/p-1. The summed E-state index contributed by atoms with van der Waals surface area (Å²) < 4.78 is 33.8. The van der Waals surface area contributed by atoms with Crippen molar-refractivity contribution in [1.82, 2.24) is 0 Å². The van der Waals surface area contributed by atoms with Crippen LogP contribution in [0.2, 0.25) is 0 Å². The van der Waals surface area contributed by atoms with E-state index in [0.717, 1.165) is 23.3 Å². The fourth-order valence-corrected chi connectivity index (χ4v) is 7.41. The van der Waals surface area contributed by atoms with Gasteiger partial charge < -0.3 is 9.45 Å². The fraction of sp³-hybridized carbons (Fsp3) is 0.607. The summed E-state index contributed by atoms with van der Waals surface area (Å²) in [5, 5.41) is 0. The summed E-state index contributed by atoms with van der Waals surface area (Å²) in [5.41, 5.74) is 2.81. The summed E-state index contributed by atoms with van der Waals surface area (Å²) >= 11 is 0. The van der Waals surface area contributed by atoms with Gasteiger partial charge in [-0.3, -0.25) is 0 Å². The minimum Gasteiger partial charge on any atom is -0.744 e. The van der Waals surface area contributed by atoms with Gasteiger partial charge in [-0.25, -0.2) is 8.42 Å². The highest BCUT2D eigenvalue weighted by atomic mass is 32.2. The van der Waals surface area contributed by atoms with Gasteiger partial charge in [0.15, 0.2) is 17.9 Å². The molecule has 0 atom stereocenters. The Labute approximate surface area is 205 Å². The fourth-order valence-electron chi connectivity index (χ4n) is 6.94. The quantitative estimate of drug-likeness (QED) is 0.389. The third-order valence-corrected chi connectivity index (χ3v) is 8.88. The van der Waals surface area contributed by atoms with Crippen LogP contribution in [-0.2, 0) is 15.7 Å². The molecule has 34 heavy (non-hydrogen) atoms.